The number of methoxy groups -OCH3 is 1. The number of carbonyl (C=O) groups excluding carboxylic acids is 1. The number of sulfonamides is 1. The number of fused-ring (bicyclic) bond motifs is 5. The second-order valence-corrected chi connectivity index (χ2v) is 11.6. The second kappa shape index (κ2) is 7.83. The van der Waals surface area contributed by atoms with Gasteiger partial charge in [-0.05, 0) is 86.5 Å². The Morgan fingerprint density at radius 2 is 1.70 bits per heavy atom. The fourth-order valence-electron chi connectivity index (χ4n) is 6.79. The van der Waals surface area contributed by atoms with Crippen molar-refractivity contribution in [2.75, 3.05) is 20.2 Å². The number of benzene rings is 1. The molecule has 1 N–H and O–H groups in total. The van der Waals surface area contributed by atoms with Gasteiger partial charge in [-0.1, -0.05) is 6.42 Å². The van der Waals surface area contributed by atoms with Gasteiger partial charge in [-0.15, -0.1) is 0 Å². The summed E-state index contributed by atoms with van der Waals surface area (Å²) in [5.74, 6) is 3.97. The summed E-state index contributed by atoms with van der Waals surface area (Å²) in [5, 5.41) is 3.37. The number of amides is 1. The Morgan fingerprint density at radius 1 is 1.00 bits per heavy atom. The van der Waals surface area contributed by atoms with E-state index in [9.17, 15) is 13.2 Å². The zero-order valence-electron chi connectivity index (χ0n) is 17.6. The molecule has 5 atom stereocenters. The maximum absolute atomic E-state index is 12.9. The van der Waals surface area contributed by atoms with Gasteiger partial charge < -0.3 is 10.1 Å². The van der Waals surface area contributed by atoms with Crippen molar-refractivity contribution in [2.24, 2.45) is 29.6 Å². The molecule has 30 heavy (non-hydrogen) atoms. The number of rotatable bonds is 5. The lowest BCUT2D eigenvalue weighted by Crippen LogP contribution is -2.48. The molecule has 1 aromatic rings. The third-order valence-corrected chi connectivity index (χ3v) is 10.2. The van der Waals surface area contributed by atoms with Gasteiger partial charge in [0, 0.05) is 25.0 Å². The number of piperidine rings is 1. The van der Waals surface area contributed by atoms with Gasteiger partial charge in [-0.3, -0.25) is 4.79 Å². The third-order valence-electron chi connectivity index (χ3n) is 8.28. The van der Waals surface area contributed by atoms with Gasteiger partial charge in [-0.2, -0.15) is 4.31 Å². The van der Waals surface area contributed by atoms with Crippen LogP contribution >= 0.6 is 0 Å². The first-order valence-corrected chi connectivity index (χ1v) is 12.9. The normalized spacial score (nSPS) is 34.1. The second-order valence-electron chi connectivity index (χ2n) is 9.62. The van der Waals surface area contributed by atoms with E-state index in [1.165, 1.54) is 30.0 Å². The van der Waals surface area contributed by atoms with E-state index in [4.69, 9.17) is 4.74 Å². The quantitative estimate of drug-likeness (QED) is 0.776. The van der Waals surface area contributed by atoms with Crippen LogP contribution in [0.4, 0.5) is 0 Å². The molecule has 2 bridgehead atoms. The minimum absolute atomic E-state index is 0.0779. The topological polar surface area (TPSA) is 75.7 Å². The summed E-state index contributed by atoms with van der Waals surface area (Å²) in [6, 6.07) is 6.84. The number of hydrogen-bond acceptors (Lipinski definition) is 4. The Balaban J connectivity index is 1.16. The highest BCUT2D eigenvalue weighted by Crippen LogP contribution is 2.58. The SMILES string of the molecule is COc1ccc(S(=O)(=O)N2CCC(C(=O)N[C@@H]3C[C@H]4C[C@H]3[C@H]3CCC[C@@H]43)CC2)cc1. The number of hydrogen-bond donors (Lipinski definition) is 1. The molecule has 1 aromatic carbocycles. The number of nitrogens with zero attached hydrogens (tertiary/aromatic N) is 1. The first-order valence-electron chi connectivity index (χ1n) is 11.4. The van der Waals surface area contributed by atoms with Gasteiger partial charge in [0.05, 0.1) is 12.0 Å². The molecule has 0 radical (unpaired) electrons. The van der Waals surface area contributed by atoms with Crippen LogP contribution in [0.1, 0.15) is 44.9 Å². The van der Waals surface area contributed by atoms with Gasteiger partial charge in [-0.25, -0.2) is 8.42 Å². The Labute approximate surface area is 179 Å². The fourth-order valence-corrected chi connectivity index (χ4v) is 8.26. The molecule has 0 unspecified atom stereocenters. The van der Waals surface area contributed by atoms with Crippen LogP contribution in [0.25, 0.3) is 0 Å². The third kappa shape index (κ3) is 3.44. The van der Waals surface area contributed by atoms with Crippen LogP contribution in [0.15, 0.2) is 29.2 Å². The van der Waals surface area contributed by atoms with Crippen LogP contribution < -0.4 is 10.1 Å². The molecule has 0 aromatic heterocycles. The summed E-state index contributed by atoms with van der Waals surface area (Å²) in [4.78, 5) is 13.2. The lowest BCUT2D eigenvalue weighted by molar-refractivity contribution is -0.127. The Kier molecular flexibility index (Phi) is 5.30. The van der Waals surface area contributed by atoms with Gasteiger partial charge in [0.15, 0.2) is 0 Å². The molecule has 6 nitrogen and oxygen atoms in total. The number of nitrogens with one attached hydrogen (secondary N) is 1. The molecule has 164 valence electrons. The van der Waals surface area contributed by atoms with Crippen molar-refractivity contribution in [3.63, 3.8) is 0 Å². The van der Waals surface area contributed by atoms with E-state index in [2.05, 4.69) is 5.32 Å². The van der Waals surface area contributed by atoms with Crippen LogP contribution in [-0.2, 0) is 14.8 Å². The molecule has 1 saturated heterocycles. The van der Waals surface area contributed by atoms with Gasteiger partial charge in [0.2, 0.25) is 15.9 Å². The summed E-state index contributed by atoms with van der Waals surface area (Å²) in [6.07, 6.45) is 7.75. The Bertz CT molecular complexity index is 892. The number of carbonyl (C=O) groups is 1. The van der Waals surface area contributed by atoms with Gasteiger partial charge in [0.25, 0.3) is 0 Å². The van der Waals surface area contributed by atoms with E-state index in [1.807, 2.05) is 0 Å². The summed E-state index contributed by atoms with van der Waals surface area (Å²) in [6.45, 7) is 0.793. The van der Waals surface area contributed by atoms with E-state index >= 15 is 0 Å². The van der Waals surface area contributed by atoms with Crippen LogP contribution in [0, 0.1) is 29.6 Å². The average Bonchev–Trinajstić information content (AvgIpc) is 3.47. The fraction of sp³-hybridized carbons (Fsp3) is 0.696. The lowest BCUT2D eigenvalue weighted by Gasteiger charge is -2.35. The van der Waals surface area contributed by atoms with Crippen LogP contribution in [0.2, 0.25) is 0 Å². The van der Waals surface area contributed by atoms with Crippen molar-refractivity contribution in [3.05, 3.63) is 24.3 Å². The predicted octanol–water partition coefficient (Wildman–Crippen LogP) is 3.04. The first kappa shape index (κ1) is 20.3. The average molecular weight is 433 g/mol. The highest BCUT2D eigenvalue weighted by molar-refractivity contribution is 7.89. The van der Waals surface area contributed by atoms with Gasteiger partial charge >= 0.3 is 0 Å². The summed E-state index contributed by atoms with van der Waals surface area (Å²) >= 11 is 0. The molecule has 4 fully saturated rings. The van der Waals surface area contributed by atoms with Crippen molar-refractivity contribution in [1.29, 1.82) is 0 Å². The Hall–Kier alpha value is -1.60. The summed E-state index contributed by atoms with van der Waals surface area (Å²) in [5.41, 5.74) is 0. The zero-order chi connectivity index (χ0) is 20.9. The lowest BCUT2D eigenvalue weighted by atomic mass is 9.79. The molecule has 1 amide bonds. The summed E-state index contributed by atoms with van der Waals surface area (Å²) in [7, 11) is -1.97. The minimum atomic E-state index is -3.53. The molecule has 0 spiro atoms. The Morgan fingerprint density at radius 3 is 2.40 bits per heavy atom. The van der Waals surface area contributed by atoms with Crippen molar-refractivity contribution in [2.45, 2.75) is 55.9 Å². The highest BCUT2D eigenvalue weighted by Gasteiger charge is 2.54. The molecule has 1 aliphatic heterocycles. The van der Waals surface area contributed by atoms with E-state index in [0.717, 1.165) is 24.2 Å². The maximum atomic E-state index is 12.9. The smallest absolute Gasteiger partial charge is 0.243 e. The van der Waals surface area contributed by atoms with Crippen molar-refractivity contribution >= 4 is 15.9 Å². The monoisotopic (exact) mass is 432 g/mol. The minimum Gasteiger partial charge on any atom is -0.497 e. The number of ether oxygens (including phenoxy) is 1. The van der Waals surface area contributed by atoms with Crippen molar-refractivity contribution in [1.82, 2.24) is 9.62 Å². The van der Waals surface area contributed by atoms with Crippen LogP contribution in [-0.4, -0.2) is 44.9 Å². The standard InChI is InChI=1S/C23H32N2O4S/c1-29-17-5-7-18(8-6-17)30(27,28)25-11-9-15(10-12-25)23(26)24-22-14-16-13-21(22)20-4-2-3-19(16)20/h5-8,15-16,19-22H,2-4,9-14H2,1H3,(H,24,26)/t16-,19+,20+,21+,22-/m1/s1. The van der Waals surface area contributed by atoms with E-state index in [0.29, 0.717) is 43.6 Å². The molecule has 5 rings (SSSR count). The van der Waals surface area contributed by atoms with Crippen molar-refractivity contribution in [3.8, 4) is 5.75 Å². The maximum Gasteiger partial charge on any atom is 0.243 e. The van der Waals surface area contributed by atoms with Gasteiger partial charge in [0.1, 0.15) is 5.75 Å². The van der Waals surface area contributed by atoms with Crippen LogP contribution in [0.5, 0.6) is 5.75 Å². The largest absolute Gasteiger partial charge is 0.497 e. The first-order chi connectivity index (χ1) is 14.5. The van der Waals surface area contributed by atoms with E-state index in [1.54, 1.807) is 31.4 Å². The van der Waals surface area contributed by atoms with Crippen molar-refractivity contribution < 1.29 is 17.9 Å². The molecule has 4 aliphatic rings. The van der Waals surface area contributed by atoms with E-state index < -0.39 is 10.0 Å². The zero-order valence-corrected chi connectivity index (χ0v) is 18.4. The van der Waals surface area contributed by atoms with E-state index in [-0.39, 0.29) is 16.7 Å². The molecule has 3 aliphatic carbocycles. The molecule has 7 heteroatoms. The summed E-state index contributed by atoms with van der Waals surface area (Å²) < 4.78 is 32.5. The predicted molar refractivity (Wildman–Crippen MR) is 113 cm³/mol. The highest BCUT2D eigenvalue weighted by atomic mass is 32.2. The molecular weight excluding hydrogens is 400 g/mol. The molecular formula is C23H32N2O4S. The molecule has 1 heterocycles. The molecule has 3 saturated carbocycles. The van der Waals surface area contributed by atoms with Crippen LogP contribution in [0.3, 0.4) is 0 Å².